The zero-order chi connectivity index (χ0) is 16.6. The van der Waals surface area contributed by atoms with Gasteiger partial charge in [0.15, 0.2) is 5.69 Å². The van der Waals surface area contributed by atoms with Crippen LogP contribution < -0.4 is 5.32 Å². The van der Waals surface area contributed by atoms with E-state index < -0.39 is 11.9 Å². The highest BCUT2D eigenvalue weighted by molar-refractivity contribution is 5.10. The van der Waals surface area contributed by atoms with Gasteiger partial charge in [0.1, 0.15) is 5.82 Å². The molecule has 1 saturated heterocycles. The summed E-state index contributed by atoms with van der Waals surface area (Å²) in [6, 6.07) is 0.434. The molecular weight excluding hydrogens is 307 g/mol. The Balaban J connectivity index is 1.54. The predicted molar refractivity (Wildman–Crippen MR) is 80.1 cm³/mol. The quantitative estimate of drug-likeness (QED) is 0.925. The van der Waals surface area contributed by atoms with E-state index in [2.05, 4.69) is 24.1 Å². The van der Waals surface area contributed by atoms with Crippen molar-refractivity contribution in [2.75, 3.05) is 6.54 Å². The molecule has 1 aromatic heterocycles. The summed E-state index contributed by atoms with van der Waals surface area (Å²) in [5.74, 6) is 0.910. The first-order valence-corrected chi connectivity index (χ1v) is 8.33. The van der Waals surface area contributed by atoms with Gasteiger partial charge in [-0.3, -0.25) is 0 Å². The van der Waals surface area contributed by atoms with Gasteiger partial charge in [-0.05, 0) is 45.6 Å². The summed E-state index contributed by atoms with van der Waals surface area (Å²) in [6.45, 7) is 5.62. The molecule has 0 unspecified atom stereocenters. The van der Waals surface area contributed by atoms with Crippen LogP contribution in [0, 0.1) is 5.92 Å². The van der Waals surface area contributed by atoms with E-state index in [0.717, 1.165) is 32.0 Å². The summed E-state index contributed by atoms with van der Waals surface area (Å²) < 4.78 is 45.6. The summed E-state index contributed by atoms with van der Waals surface area (Å²) in [7, 11) is 0. The largest absolute Gasteiger partial charge is 0.434 e. The van der Waals surface area contributed by atoms with Gasteiger partial charge in [0.2, 0.25) is 0 Å². The molecule has 0 spiro atoms. The van der Waals surface area contributed by atoms with E-state index in [1.165, 1.54) is 0 Å². The third-order valence-electron chi connectivity index (χ3n) is 4.77. The van der Waals surface area contributed by atoms with E-state index in [1.807, 2.05) is 0 Å². The van der Waals surface area contributed by atoms with Crippen molar-refractivity contribution in [1.82, 2.24) is 14.9 Å². The van der Waals surface area contributed by atoms with Crippen molar-refractivity contribution in [3.05, 3.63) is 17.7 Å². The van der Waals surface area contributed by atoms with E-state index >= 15 is 0 Å². The Hall–Kier alpha value is -1.08. The van der Waals surface area contributed by atoms with Gasteiger partial charge < -0.3 is 14.6 Å². The highest BCUT2D eigenvalue weighted by Gasteiger charge is 2.36. The van der Waals surface area contributed by atoms with Crippen LogP contribution in [0.4, 0.5) is 13.2 Å². The third kappa shape index (κ3) is 4.07. The molecule has 4 nitrogen and oxygen atoms in total. The molecule has 3 atom stereocenters. The van der Waals surface area contributed by atoms with Crippen LogP contribution in [0.15, 0.2) is 6.20 Å². The van der Waals surface area contributed by atoms with Crippen LogP contribution in [-0.4, -0.2) is 34.3 Å². The summed E-state index contributed by atoms with van der Waals surface area (Å²) >= 11 is 0. The third-order valence-corrected chi connectivity index (χ3v) is 4.77. The molecular formula is C16H24F3N3O. The van der Waals surface area contributed by atoms with E-state index in [0.29, 0.717) is 30.7 Å². The molecule has 0 aromatic carbocycles. The lowest BCUT2D eigenvalue weighted by atomic mass is 9.96. The van der Waals surface area contributed by atoms with Crippen LogP contribution in [0.5, 0.6) is 0 Å². The number of rotatable bonds is 3. The van der Waals surface area contributed by atoms with E-state index in [9.17, 15) is 13.2 Å². The number of halogens is 3. The van der Waals surface area contributed by atoms with Gasteiger partial charge in [0.25, 0.3) is 0 Å². The fourth-order valence-electron chi connectivity index (χ4n) is 3.72. The maximum Gasteiger partial charge on any atom is 0.434 e. The van der Waals surface area contributed by atoms with Gasteiger partial charge in [-0.15, -0.1) is 0 Å². The fraction of sp³-hybridized carbons (Fsp3) is 0.812. The Kier molecular flexibility index (Phi) is 4.69. The first-order valence-electron chi connectivity index (χ1n) is 8.33. The van der Waals surface area contributed by atoms with Gasteiger partial charge in [0.05, 0.1) is 12.2 Å². The fourth-order valence-corrected chi connectivity index (χ4v) is 3.72. The topological polar surface area (TPSA) is 39.1 Å². The van der Waals surface area contributed by atoms with Crippen molar-refractivity contribution in [2.45, 2.75) is 70.5 Å². The molecule has 1 aromatic rings. The minimum atomic E-state index is -4.35. The number of ether oxygens (including phenoxy) is 1. The average molecular weight is 331 g/mol. The summed E-state index contributed by atoms with van der Waals surface area (Å²) in [4.78, 5) is 3.73. The second kappa shape index (κ2) is 6.43. The number of nitrogens with one attached hydrogen (secondary N) is 1. The predicted octanol–water partition coefficient (Wildman–Crippen LogP) is 3.01. The Morgan fingerprint density at radius 2 is 2.00 bits per heavy atom. The molecule has 1 N–H and O–H groups in total. The number of nitrogens with zero attached hydrogens (tertiary/aromatic N) is 2. The molecule has 2 aliphatic heterocycles. The summed E-state index contributed by atoms with van der Waals surface area (Å²) in [5.41, 5.74) is -0.770. The molecule has 0 saturated carbocycles. The lowest BCUT2D eigenvalue weighted by Gasteiger charge is -2.34. The van der Waals surface area contributed by atoms with Crippen LogP contribution in [0.2, 0.25) is 0 Å². The molecule has 2 aliphatic rings. The van der Waals surface area contributed by atoms with E-state index in [-0.39, 0.29) is 12.2 Å². The number of hydrogen-bond donors (Lipinski definition) is 1. The smallest absolute Gasteiger partial charge is 0.375 e. The van der Waals surface area contributed by atoms with Crippen molar-refractivity contribution in [3.63, 3.8) is 0 Å². The number of aromatic nitrogens is 2. The lowest BCUT2D eigenvalue weighted by molar-refractivity contribution is -0.141. The van der Waals surface area contributed by atoms with Gasteiger partial charge in [-0.25, -0.2) is 4.98 Å². The molecule has 130 valence electrons. The second-order valence-electron chi connectivity index (χ2n) is 6.93. The number of aryl methyl sites for hydroxylation is 1. The maximum absolute atomic E-state index is 12.7. The molecule has 3 heterocycles. The zero-order valence-electron chi connectivity index (χ0n) is 13.6. The SMILES string of the molecule is C[C@@H]1CC(NC[C@@H]2CCc3nc(C(F)(F)F)cn3C2)C[C@@H](C)O1. The molecule has 23 heavy (non-hydrogen) atoms. The first-order chi connectivity index (χ1) is 10.8. The molecule has 3 rings (SSSR count). The summed E-state index contributed by atoms with van der Waals surface area (Å²) in [6.07, 6.45) is 0.803. The molecule has 7 heteroatoms. The Morgan fingerprint density at radius 1 is 1.30 bits per heavy atom. The summed E-state index contributed by atoms with van der Waals surface area (Å²) in [5, 5.41) is 3.58. The molecule has 0 aliphatic carbocycles. The van der Waals surface area contributed by atoms with Crippen molar-refractivity contribution in [1.29, 1.82) is 0 Å². The zero-order valence-corrected chi connectivity index (χ0v) is 13.6. The number of alkyl halides is 3. The van der Waals surface area contributed by atoms with Crippen molar-refractivity contribution < 1.29 is 17.9 Å². The number of hydrogen-bond acceptors (Lipinski definition) is 3. The molecule has 0 bridgehead atoms. The molecule has 0 radical (unpaired) electrons. The van der Waals surface area contributed by atoms with Crippen LogP contribution in [0.1, 0.15) is 44.6 Å². The minimum Gasteiger partial charge on any atom is -0.375 e. The van der Waals surface area contributed by atoms with E-state index in [1.54, 1.807) is 4.57 Å². The molecule has 0 amide bonds. The lowest BCUT2D eigenvalue weighted by Crippen LogP contribution is -2.43. The monoisotopic (exact) mass is 331 g/mol. The first kappa shape index (κ1) is 16.8. The van der Waals surface area contributed by atoms with Crippen molar-refractivity contribution in [2.24, 2.45) is 5.92 Å². The number of fused-ring (bicyclic) bond motifs is 1. The number of imidazole rings is 1. The minimum absolute atomic E-state index is 0.261. The van der Waals surface area contributed by atoms with E-state index in [4.69, 9.17) is 4.74 Å². The highest BCUT2D eigenvalue weighted by atomic mass is 19.4. The van der Waals surface area contributed by atoms with Crippen LogP contribution in [0.3, 0.4) is 0 Å². The second-order valence-corrected chi connectivity index (χ2v) is 6.93. The Labute approximate surface area is 134 Å². The van der Waals surface area contributed by atoms with Gasteiger partial charge in [0, 0.05) is 25.2 Å². The Bertz CT molecular complexity index is 533. The van der Waals surface area contributed by atoms with Crippen molar-refractivity contribution in [3.8, 4) is 0 Å². The van der Waals surface area contributed by atoms with Gasteiger partial charge in [-0.1, -0.05) is 0 Å². The highest BCUT2D eigenvalue weighted by Crippen LogP contribution is 2.30. The average Bonchev–Trinajstić information content (AvgIpc) is 2.87. The normalized spacial score (nSPS) is 31.9. The Morgan fingerprint density at radius 3 is 2.65 bits per heavy atom. The standard InChI is InChI=1S/C16H24F3N3O/c1-10-5-13(6-11(2)23-10)20-7-12-3-4-15-21-14(16(17,18)19)9-22(15)8-12/h9-13,20H,3-8H2,1-2H3/t10-,11-,12+/m1/s1. The maximum atomic E-state index is 12.7. The van der Waals surface area contributed by atoms with Crippen LogP contribution in [0.25, 0.3) is 0 Å². The molecule has 1 fully saturated rings. The van der Waals surface area contributed by atoms with Crippen molar-refractivity contribution >= 4 is 0 Å². The van der Waals surface area contributed by atoms with Crippen LogP contribution >= 0.6 is 0 Å². The van der Waals surface area contributed by atoms with Crippen LogP contribution in [-0.2, 0) is 23.9 Å². The van der Waals surface area contributed by atoms with Gasteiger partial charge >= 0.3 is 6.18 Å². The van der Waals surface area contributed by atoms with Gasteiger partial charge in [-0.2, -0.15) is 13.2 Å².